The first-order chi connectivity index (χ1) is 11.3. The monoisotopic (exact) mass is 339 g/mol. The zero-order chi connectivity index (χ0) is 16.8. The summed E-state index contributed by atoms with van der Waals surface area (Å²) in [5.74, 6) is 1.77. The molecule has 23 heavy (non-hydrogen) atoms. The lowest BCUT2D eigenvalue weighted by atomic mass is 9.87. The fraction of sp³-hybridized carbons (Fsp3) is 0.850. The maximum atomic E-state index is 12.3. The van der Waals surface area contributed by atoms with E-state index in [1.54, 1.807) is 6.08 Å². The third kappa shape index (κ3) is 10.1. The number of allylic oxidation sites excluding steroid dienone is 1. The molecule has 0 aromatic carbocycles. The van der Waals surface area contributed by atoms with Gasteiger partial charge in [-0.3, -0.25) is 4.79 Å². The van der Waals surface area contributed by atoms with E-state index in [0.717, 1.165) is 31.2 Å². The lowest BCUT2D eigenvalue weighted by Gasteiger charge is -2.26. The van der Waals surface area contributed by atoms with Crippen LogP contribution in [0.2, 0.25) is 0 Å². The van der Waals surface area contributed by atoms with Gasteiger partial charge in [0.15, 0.2) is 0 Å². The second kappa shape index (κ2) is 13.9. The molecule has 0 spiro atoms. The second-order valence-corrected chi connectivity index (χ2v) is 7.39. The van der Waals surface area contributed by atoms with Crippen LogP contribution in [0.4, 0.5) is 0 Å². The third-order valence-electron chi connectivity index (χ3n) is 4.95. The maximum Gasteiger partial charge on any atom is 0.246 e. The molecule has 0 aliphatic heterocycles. The molecule has 3 heteroatoms. The lowest BCUT2D eigenvalue weighted by molar-refractivity contribution is -0.126. The van der Waals surface area contributed by atoms with Gasteiger partial charge < -0.3 is 4.90 Å². The van der Waals surface area contributed by atoms with Gasteiger partial charge in [0.1, 0.15) is 0 Å². The van der Waals surface area contributed by atoms with Crippen molar-refractivity contribution in [2.75, 3.05) is 18.8 Å². The largest absolute Gasteiger partial charge is 0.338 e. The first-order valence-corrected chi connectivity index (χ1v) is 10.5. The van der Waals surface area contributed by atoms with Crippen LogP contribution >= 0.6 is 12.6 Å². The van der Waals surface area contributed by atoms with Gasteiger partial charge in [0.2, 0.25) is 5.91 Å². The quantitative estimate of drug-likeness (QED) is 0.277. The van der Waals surface area contributed by atoms with Crippen LogP contribution in [0, 0.1) is 5.92 Å². The first-order valence-electron chi connectivity index (χ1n) is 9.84. The highest BCUT2D eigenvalue weighted by molar-refractivity contribution is 7.80. The number of hydrogen-bond acceptors (Lipinski definition) is 2. The molecule has 1 rings (SSSR count). The third-order valence-corrected chi connectivity index (χ3v) is 5.15. The Kier molecular flexibility index (Phi) is 12.5. The number of rotatable bonds is 12. The van der Waals surface area contributed by atoms with Crippen molar-refractivity contribution in [3.63, 3.8) is 0 Å². The Morgan fingerprint density at radius 2 is 1.83 bits per heavy atom. The van der Waals surface area contributed by atoms with Crippen molar-refractivity contribution in [3.05, 3.63) is 12.2 Å². The molecule has 1 aliphatic rings. The summed E-state index contributed by atoms with van der Waals surface area (Å²) < 4.78 is 0. The van der Waals surface area contributed by atoms with Gasteiger partial charge in [-0.15, -0.1) is 0 Å². The summed E-state index contributed by atoms with van der Waals surface area (Å²) in [5.41, 5.74) is 0. The van der Waals surface area contributed by atoms with E-state index in [4.69, 9.17) is 0 Å². The highest BCUT2D eigenvalue weighted by Crippen LogP contribution is 2.26. The minimum Gasteiger partial charge on any atom is -0.338 e. The summed E-state index contributed by atoms with van der Waals surface area (Å²) in [4.78, 5) is 14.3. The molecule has 2 nitrogen and oxygen atoms in total. The summed E-state index contributed by atoms with van der Waals surface area (Å²) in [5, 5.41) is 0. The number of hydrogen-bond donors (Lipinski definition) is 1. The predicted molar refractivity (Wildman–Crippen MR) is 104 cm³/mol. The van der Waals surface area contributed by atoms with Crippen molar-refractivity contribution in [2.45, 2.75) is 84.0 Å². The molecule has 0 atom stereocenters. The minimum absolute atomic E-state index is 0.184. The molecule has 0 bridgehead atoms. The van der Waals surface area contributed by atoms with E-state index in [1.807, 2.05) is 4.90 Å². The zero-order valence-corrected chi connectivity index (χ0v) is 16.0. The summed E-state index contributed by atoms with van der Waals surface area (Å²) in [7, 11) is 0. The summed E-state index contributed by atoms with van der Waals surface area (Å²) >= 11 is 4.31. The number of amides is 1. The predicted octanol–water partition coefficient (Wildman–Crippen LogP) is 5.63. The van der Waals surface area contributed by atoms with Gasteiger partial charge in [0.25, 0.3) is 0 Å². The molecule has 0 aromatic heterocycles. The molecular weight excluding hydrogens is 302 g/mol. The Labute approximate surface area is 149 Å². The number of nitrogens with zero attached hydrogens (tertiary/aromatic N) is 1. The van der Waals surface area contributed by atoms with Crippen LogP contribution in [0.1, 0.15) is 84.0 Å². The molecule has 0 radical (unpaired) electrons. The van der Waals surface area contributed by atoms with Gasteiger partial charge >= 0.3 is 0 Å². The lowest BCUT2D eigenvalue weighted by Crippen LogP contribution is -2.33. The molecule has 0 aromatic rings. The van der Waals surface area contributed by atoms with Crippen LogP contribution in [0.15, 0.2) is 12.2 Å². The van der Waals surface area contributed by atoms with Crippen molar-refractivity contribution in [3.8, 4) is 0 Å². The van der Waals surface area contributed by atoms with E-state index in [0.29, 0.717) is 0 Å². The van der Waals surface area contributed by atoms with Crippen molar-refractivity contribution in [2.24, 2.45) is 5.92 Å². The van der Waals surface area contributed by atoms with Crippen LogP contribution < -0.4 is 0 Å². The molecule has 0 heterocycles. The van der Waals surface area contributed by atoms with Gasteiger partial charge in [-0.25, -0.2) is 0 Å². The Bertz CT molecular complexity index is 324. The van der Waals surface area contributed by atoms with Crippen LogP contribution in [-0.4, -0.2) is 29.6 Å². The smallest absolute Gasteiger partial charge is 0.246 e. The van der Waals surface area contributed by atoms with Crippen LogP contribution in [0.25, 0.3) is 0 Å². The average molecular weight is 340 g/mol. The molecule has 1 fully saturated rings. The standard InChI is InChI=1S/C20H37NOS/c1-2-3-4-5-6-7-11-14-20(22)21(17-18-23)16-15-19-12-9-8-10-13-19/h11,14,19,23H,2-10,12-13,15-18H2,1H3. The van der Waals surface area contributed by atoms with Crippen LogP contribution in [0.5, 0.6) is 0 Å². The zero-order valence-electron chi connectivity index (χ0n) is 15.1. The molecular formula is C20H37NOS. The molecule has 1 amide bonds. The average Bonchev–Trinajstić information content (AvgIpc) is 2.58. The van der Waals surface area contributed by atoms with E-state index in [1.165, 1.54) is 70.6 Å². The second-order valence-electron chi connectivity index (χ2n) is 6.95. The van der Waals surface area contributed by atoms with Gasteiger partial charge in [0.05, 0.1) is 0 Å². The Balaban J connectivity index is 2.23. The Morgan fingerprint density at radius 1 is 1.09 bits per heavy atom. The fourth-order valence-electron chi connectivity index (χ4n) is 3.42. The molecule has 1 aliphatic carbocycles. The van der Waals surface area contributed by atoms with Crippen LogP contribution in [0.3, 0.4) is 0 Å². The van der Waals surface area contributed by atoms with E-state index in [2.05, 4.69) is 25.6 Å². The van der Waals surface area contributed by atoms with E-state index in [9.17, 15) is 4.79 Å². The van der Waals surface area contributed by atoms with Gasteiger partial charge in [-0.1, -0.05) is 70.8 Å². The summed E-state index contributed by atoms with van der Waals surface area (Å²) in [6, 6.07) is 0. The minimum atomic E-state index is 0.184. The van der Waals surface area contributed by atoms with Crippen molar-refractivity contribution < 1.29 is 4.79 Å². The van der Waals surface area contributed by atoms with Gasteiger partial charge in [-0.2, -0.15) is 12.6 Å². The van der Waals surface area contributed by atoms with E-state index in [-0.39, 0.29) is 5.91 Å². The van der Waals surface area contributed by atoms with Crippen molar-refractivity contribution in [1.29, 1.82) is 0 Å². The number of thiol groups is 1. The highest BCUT2D eigenvalue weighted by atomic mass is 32.1. The van der Waals surface area contributed by atoms with Crippen molar-refractivity contribution in [1.82, 2.24) is 4.90 Å². The molecule has 0 unspecified atom stereocenters. The Hall–Kier alpha value is -0.440. The summed E-state index contributed by atoms with van der Waals surface area (Å²) in [6.07, 6.45) is 19.4. The van der Waals surface area contributed by atoms with Gasteiger partial charge in [-0.05, 0) is 31.3 Å². The number of carbonyl (C=O) groups is 1. The molecule has 0 N–H and O–H groups in total. The fourth-order valence-corrected chi connectivity index (χ4v) is 3.66. The Morgan fingerprint density at radius 3 is 2.52 bits per heavy atom. The molecule has 134 valence electrons. The van der Waals surface area contributed by atoms with Crippen LogP contribution in [-0.2, 0) is 4.79 Å². The molecule has 0 saturated heterocycles. The SMILES string of the molecule is CCCCCCCC=CC(=O)N(CCS)CCC1CCCCC1. The van der Waals surface area contributed by atoms with E-state index >= 15 is 0 Å². The van der Waals surface area contributed by atoms with E-state index < -0.39 is 0 Å². The summed E-state index contributed by atoms with van der Waals surface area (Å²) in [6.45, 7) is 3.92. The normalized spacial score (nSPS) is 16.1. The maximum absolute atomic E-state index is 12.3. The van der Waals surface area contributed by atoms with Crippen molar-refractivity contribution >= 4 is 18.5 Å². The number of carbonyl (C=O) groups excluding carboxylic acids is 1. The topological polar surface area (TPSA) is 20.3 Å². The van der Waals surface area contributed by atoms with Gasteiger partial charge in [0, 0.05) is 18.8 Å². The number of unbranched alkanes of at least 4 members (excludes halogenated alkanes) is 5. The first kappa shape index (κ1) is 20.6. The highest BCUT2D eigenvalue weighted by Gasteiger charge is 2.16. The molecule has 1 saturated carbocycles.